The van der Waals surface area contributed by atoms with Gasteiger partial charge in [0.15, 0.2) is 0 Å². The number of β-amino-alcohol motifs (C(OH)–C–C–N with tert-alkyl or cyclic N) is 1. The van der Waals surface area contributed by atoms with Crippen molar-refractivity contribution < 1.29 is 27.8 Å². The number of rotatable bonds is 4. The predicted octanol–water partition coefficient (Wildman–Crippen LogP) is 3.86. The second-order valence-electron chi connectivity index (χ2n) is 7.66. The van der Waals surface area contributed by atoms with Crippen molar-refractivity contribution in [1.82, 2.24) is 4.90 Å². The molecular formula is C23H23F3N2O3. The summed E-state index contributed by atoms with van der Waals surface area (Å²) in [7, 11) is 0. The van der Waals surface area contributed by atoms with Crippen molar-refractivity contribution in [3.63, 3.8) is 0 Å². The maximum absolute atomic E-state index is 13.0. The number of halogens is 3. The van der Waals surface area contributed by atoms with Gasteiger partial charge in [-0.1, -0.05) is 18.2 Å². The molecule has 0 saturated heterocycles. The molecule has 0 saturated carbocycles. The van der Waals surface area contributed by atoms with Crippen LogP contribution < -0.4 is 10.1 Å². The summed E-state index contributed by atoms with van der Waals surface area (Å²) >= 11 is 0. The van der Waals surface area contributed by atoms with Gasteiger partial charge in [-0.05, 0) is 41.3 Å². The van der Waals surface area contributed by atoms with Crippen LogP contribution in [0.1, 0.15) is 28.7 Å². The normalized spacial score (nSPS) is 17.6. The third-order valence-electron chi connectivity index (χ3n) is 5.62. The second-order valence-corrected chi connectivity index (χ2v) is 7.66. The number of benzene rings is 2. The van der Waals surface area contributed by atoms with Gasteiger partial charge in [0.1, 0.15) is 5.75 Å². The number of alkyl halides is 3. The first-order valence-electron chi connectivity index (χ1n) is 10.1. The zero-order valence-corrected chi connectivity index (χ0v) is 16.8. The van der Waals surface area contributed by atoms with E-state index in [1.54, 1.807) is 0 Å². The molecule has 0 aliphatic carbocycles. The molecule has 0 fully saturated rings. The summed E-state index contributed by atoms with van der Waals surface area (Å²) in [5, 5.41) is 12.1. The van der Waals surface area contributed by atoms with Crippen LogP contribution in [0.4, 0.5) is 18.9 Å². The predicted molar refractivity (Wildman–Crippen MR) is 111 cm³/mol. The molecule has 1 amide bonds. The van der Waals surface area contributed by atoms with Gasteiger partial charge in [0.25, 0.3) is 0 Å². The zero-order chi connectivity index (χ0) is 22.0. The molecule has 4 rings (SSSR count). The highest BCUT2D eigenvalue weighted by Crippen LogP contribution is 2.38. The number of nitrogens with zero attached hydrogens (tertiary/aromatic N) is 1. The molecule has 2 aromatic rings. The lowest BCUT2D eigenvalue weighted by Gasteiger charge is -2.29. The molecule has 0 bridgehead atoms. The second kappa shape index (κ2) is 8.72. The van der Waals surface area contributed by atoms with E-state index in [1.165, 1.54) is 12.1 Å². The van der Waals surface area contributed by atoms with Gasteiger partial charge in [0.2, 0.25) is 5.91 Å². The number of ether oxygens (including phenoxy) is 1. The molecular weight excluding hydrogens is 409 g/mol. The molecule has 2 aromatic carbocycles. The molecule has 0 aromatic heterocycles. The van der Waals surface area contributed by atoms with Gasteiger partial charge in [0, 0.05) is 43.4 Å². The van der Waals surface area contributed by atoms with E-state index in [0.717, 1.165) is 36.2 Å². The van der Waals surface area contributed by atoms with Gasteiger partial charge in [-0.15, -0.1) is 0 Å². The third-order valence-corrected chi connectivity index (χ3v) is 5.62. The summed E-state index contributed by atoms with van der Waals surface area (Å²) in [5.74, 6) is -0.202. The molecule has 0 atom stereocenters. The van der Waals surface area contributed by atoms with Crippen LogP contribution in [-0.2, 0) is 23.9 Å². The Labute approximate surface area is 178 Å². The monoisotopic (exact) mass is 432 g/mol. The molecule has 0 spiro atoms. The van der Waals surface area contributed by atoms with Crippen molar-refractivity contribution in [1.29, 1.82) is 0 Å². The maximum Gasteiger partial charge on any atom is 0.416 e. The first-order valence-corrected chi connectivity index (χ1v) is 10.1. The Morgan fingerprint density at radius 3 is 2.84 bits per heavy atom. The number of hydrogen-bond acceptors (Lipinski definition) is 4. The van der Waals surface area contributed by atoms with Crippen molar-refractivity contribution >= 4 is 17.2 Å². The molecule has 2 heterocycles. The minimum Gasteiger partial charge on any atom is -0.493 e. The lowest BCUT2D eigenvalue weighted by atomic mass is 9.96. The summed E-state index contributed by atoms with van der Waals surface area (Å²) in [5.41, 5.74) is 3.26. The van der Waals surface area contributed by atoms with Crippen LogP contribution >= 0.6 is 0 Å². The number of carbonyl (C=O) groups excluding carboxylic acids is 1. The number of hydrogen-bond donors (Lipinski definition) is 2. The smallest absolute Gasteiger partial charge is 0.416 e. The van der Waals surface area contributed by atoms with Gasteiger partial charge in [-0.2, -0.15) is 13.2 Å². The maximum atomic E-state index is 13.0. The summed E-state index contributed by atoms with van der Waals surface area (Å²) in [6.07, 6.45) is -1.74. The van der Waals surface area contributed by atoms with Crippen molar-refractivity contribution in [3.8, 4) is 5.75 Å². The van der Waals surface area contributed by atoms with E-state index >= 15 is 0 Å². The summed E-state index contributed by atoms with van der Waals surface area (Å²) in [6.45, 7) is 2.35. The minimum atomic E-state index is -4.45. The number of amides is 1. The van der Waals surface area contributed by atoms with Crippen LogP contribution in [0, 0.1) is 0 Å². The van der Waals surface area contributed by atoms with E-state index in [-0.39, 0.29) is 24.9 Å². The Morgan fingerprint density at radius 2 is 2.06 bits per heavy atom. The number of nitrogens with one attached hydrogen (secondary N) is 1. The van der Waals surface area contributed by atoms with Gasteiger partial charge >= 0.3 is 6.18 Å². The average molecular weight is 432 g/mol. The van der Waals surface area contributed by atoms with Crippen molar-refractivity contribution in [3.05, 3.63) is 64.7 Å². The van der Waals surface area contributed by atoms with E-state index in [4.69, 9.17) is 4.74 Å². The molecule has 0 radical (unpaired) electrons. The van der Waals surface area contributed by atoms with Crippen LogP contribution in [-0.4, -0.2) is 42.2 Å². The summed E-state index contributed by atoms with van der Waals surface area (Å²) in [6, 6.07) is 9.10. The molecule has 164 valence electrons. The van der Waals surface area contributed by atoms with Gasteiger partial charge < -0.3 is 15.2 Å². The Balaban J connectivity index is 1.55. The van der Waals surface area contributed by atoms with Crippen LogP contribution in [0.3, 0.4) is 0 Å². The largest absolute Gasteiger partial charge is 0.493 e. The Bertz CT molecular complexity index is 1020. The fourth-order valence-corrected chi connectivity index (χ4v) is 4.05. The Hall–Kier alpha value is -2.84. The van der Waals surface area contributed by atoms with Gasteiger partial charge in [-0.25, -0.2) is 0 Å². The standard InChI is InChI=1S/C23H23F3N2O3/c24-23(25,26)17-4-5-18-16(7-11-31-21(18)13-17)12-22(30)27-20-3-1-2-15-6-8-28(9-10-29)14-19(15)20/h1-5,12-13,29H,6-11,14H2,(H,27,30). The van der Waals surface area contributed by atoms with Gasteiger partial charge in [-0.3, -0.25) is 9.69 Å². The SMILES string of the molecule is O=C(C=C1CCOc2cc(C(F)(F)F)ccc21)Nc1cccc2c1CN(CCO)CC2. The van der Waals surface area contributed by atoms with E-state index < -0.39 is 11.7 Å². The lowest BCUT2D eigenvalue weighted by molar-refractivity contribution is -0.137. The third kappa shape index (κ3) is 4.75. The number of fused-ring (bicyclic) bond motifs is 2. The molecule has 2 aliphatic rings. The average Bonchev–Trinajstić information content (AvgIpc) is 2.73. The minimum absolute atomic E-state index is 0.0769. The molecule has 5 nitrogen and oxygen atoms in total. The molecule has 0 unspecified atom stereocenters. The summed E-state index contributed by atoms with van der Waals surface area (Å²) in [4.78, 5) is 14.9. The number of anilines is 1. The first kappa shape index (κ1) is 21.4. The van der Waals surface area contributed by atoms with E-state index in [2.05, 4.69) is 10.2 Å². The number of carbonyl (C=O) groups is 1. The molecule has 31 heavy (non-hydrogen) atoms. The summed E-state index contributed by atoms with van der Waals surface area (Å²) < 4.78 is 44.3. The lowest BCUT2D eigenvalue weighted by Crippen LogP contribution is -2.33. The highest BCUT2D eigenvalue weighted by atomic mass is 19.4. The number of aliphatic hydroxyl groups excluding tert-OH is 1. The first-order chi connectivity index (χ1) is 14.8. The van der Waals surface area contributed by atoms with E-state index in [0.29, 0.717) is 36.3 Å². The van der Waals surface area contributed by atoms with Crippen molar-refractivity contribution in [2.24, 2.45) is 0 Å². The quantitative estimate of drug-likeness (QED) is 0.721. The Morgan fingerprint density at radius 1 is 1.23 bits per heavy atom. The van der Waals surface area contributed by atoms with Crippen LogP contribution in [0.25, 0.3) is 5.57 Å². The molecule has 8 heteroatoms. The fraction of sp³-hybridized carbons (Fsp3) is 0.348. The zero-order valence-electron chi connectivity index (χ0n) is 16.8. The van der Waals surface area contributed by atoms with Crippen LogP contribution in [0.15, 0.2) is 42.5 Å². The topological polar surface area (TPSA) is 61.8 Å². The Kier molecular flexibility index (Phi) is 6.02. The van der Waals surface area contributed by atoms with E-state index in [9.17, 15) is 23.1 Å². The van der Waals surface area contributed by atoms with Crippen molar-refractivity contribution in [2.75, 3.05) is 31.6 Å². The van der Waals surface area contributed by atoms with Crippen molar-refractivity contribution in [2.45, 2.75) is 25.6 Å². The van der Waals surface area contributed by atoms with Crippen LogP contribution in [0.5, 0.6) is 5.75 Å². The molecule has 2 N–H and O–H groups in total. The molecule has 2 aliphatic heterocycles. The highest BCUT2D eigenvalue weighted by Gasteiger charge is 2.32. The van der Waals surface area contributed by atoms with Gasteiger partial charge in [0.05, 0.1) is 18.8 Å². The highest BCUT2D eigenvalue weighted by molar-refractivity contribution is 6.05. The van der Waals surface area contributed by atoms with Crippen LogP contribution in [0.2, 0.25) is 0 Å². The fourth-order valence-electron chi connectivity index (χ4n) is 4.05. The number of aliphatic hydroxyl groups is 1. The van der Waals surface area contributed by atoms with E-state index in [1.807, 2.05) is 18.2 Å².